The predicted molar refractivity (Wildman–Crippen MR) is 56.4 cm³/mol. The molecule has 0 saturated heterocycles. The van der Waals surface area contributed by atoms with Gasteiger partial charge in [0.15, 0.2) is 0 Å². The van der Waals surface area contributed by atoms with E-state index < -0.39 is 0 Å². The van der Waals surface area contributed by atoms with E-state index in [-0.39, 0.29) is 0 Å². The summed E-state index contributed by atoms with van der Waals surface area (Å²) in [7, 11) is 2.03. The van der Waals surface area contributed by atoms with Crippen molar-refractivity contribution in [3.8, 4) is 0 Å². The van der Waals surface area contributed by atoms with E-state index in [2.05, 4.69) is 33.0 Å². The Morgan fingerprint density at radius 2 is 1.92 bits per heavy atom. The molecule has 12 heavy (non-hydrogen) atoms. The van der Waals surface area contributed by atoms with E-state index in [4.69, 9.17) is 0 Å². The van der Waals surface area contributed by atoms with E-state index >= 15 is 0 Å². The van der Waals surface area contributed by atoms with E-state index in [1.807, 2.05) is 7.05 Å². The third-order valence-electron chi connectivity index (χ3n) is 2.75. The van der Waals surface area contributed by atoms with Gasteiger partial charge < -0.3 is 5.32 Å². The van der Waals surface area contributed by atoms with Gasteiger partial charge in [0, 0.05) is 0 Å². The van der Waals surface area contributed by atoms with Crippen LogP contribution in [0.25, 0.3) is 0 Å². The molecule has 0 saturated carbocycles. The summed E-state index contributed by atoms with van der Waals surface area (Å²) in [6.45, 7) is 10.5. The summed E-state index contributed by atoms with van der Waals surface area (Å²) in [6.07, 6.45) is 3.95. The molecule has 0 rings (SSSR count). The van der Waals surface area contributed by atoms with Gasteiger partial charge in [0.05, 0.1) is 0 Å². The monoisotopic (exact) mass is 171 g/mol. The molecule has 1 unspecified atom stereocenters. The molecular formula is C11H25N. The minimum absolute atomic E-state index is 0.535. The van der Waals surface area contributed by atoms with Crippen molar-refractivity contribution >= 4 is 0 Å². The molecule has 0 spiro atoms. The van der Waals surface area contributed by atoms with Gasteiger partial charge in [0.25, 0.3) is 0 Å². The maximum atomic E-state index is 3.20. The van der Waals surface area contributed by atoms with Crippen LogP contribution < -0.4 is 5.32 Å². The van der Waals surface area contributed by atoms with Gasteiger partial charge in [-0.2, -0.15) is 0 Å². The van der Waals surface area contributed by atoms with Crippen LogP contribution in [0.3, 0.4) is 0 Å². The normalized spacial score (nSPS) is 14.8. The average molecular weight is 171 g/mol. The van der Waals surface area contributed by atoms with Gasteiger partial charge in [-0.3, -0.25) is 0 Å². The molecule has 0 aromatic heterocycles. The molecule has 0 aliphatic heterocycles. The third kappa shape index (κ3) is 5.59. The molecule has 0 aliphatic carbocycles. The Bertz CT molecular complexity index is 108. The Morgan fingerprint density at radius 1 is 1.33 bits per heavy atom. The van der Waals surface area contributed by atoms with Crippen molar-refractivity contribution in [1.82, 2.24) is 5.32 Å². The van der Waals surface area contributed by atoms with Crippen molar-refractivity contribution in [3.05, 3.63) is 0 Å². The SMILES string of the molecule is CCC(C)(C)CC(C)CCNC. The molecule has 0 aromatic rings. The first kappa shape index (κ1) is 12.0. The van der Waals surface area contributed by atoms with Crippen LogP contribution in [0, 0.1) is 11.3 Å². The lowest BCUT2D eigenvalue weighted by Gasteiger charge is -2.26. The highest BCUT2D eigenvalue weighted by Gasteiger charge is 2.18. The van der Waals surface area contributed by atoms with Crippen molar-refractivity contribution in [2.45, 2.75) is 47.0 Å². The molecule has 0 amide bonds. The van der Waals surface area contributed by atoms with Crippen molar-refractivity contribution in [2.24, 2.45) is 11.3 Å². The molecular weight excluding hydrogens is 146 g/mol. The van der Waals surface area contributed by atoms with Gasteiger partial charge in [-0.15, -0.1) is 0 Å². The van der Waals surface area contributed by atoms with Crippen LogP contribution in [0.15, 0.2) is 0 Å². The van der Waals surface area contributed by atoms with E-state index in [0.29, 0.717) is 5.41 Å². The highest BCUT2D eigenvalue weighted by Crippen LogP contribution is 2.29. The van der Waals surface area contributed by atoms with Crippen molar-refractivity contribution < 1.29 is 0 Å². The minimum atomic E-state index is 0.535. The highest BCUT2D eigenvalue weighted by molar-refractivity contribution is 4.70. The minimum Gasteiger partial charge on any atom is -0.320 e. The molecule has 0 fully saturated rings. The van der Waals surface area contributed by atoms with Gasteiger partial charge >= 0.3 is 0 Å². The zero-order chi connectivity index (χ0) is 9.61. The Morgan fingerprint density at radius 3 is 2.33 bits per heavy atom. The summed E-state index contributed by atoms with van der Waals surface area (Å²) in [5.74, 6) is 0.854. The topological polar surface area (TPSA) is 12.0 Å². The first-order chi connectivity index (χ1) is 5.52. The Hall–Kier alpha value is -0.0400. The van der Waals surface area contributed by atoms with Crippen LogP contribution in [0.5, 0.6) is 0 Å². The molecule has 0 aliphatic rings. The maximum absolute atomic E-state index is 3.20. The summed E-state index contributed by atoms with van der Waals surface area (Å²) in [5.41, 5.74) is 0.535. The fraction of sp³-hybridized carbons (Fsp3) is 1.00. The lowest BCUT2D eigenvalue weighted by molar-refractivity contribution is 0.259. The smallest absolute Gasteiger partial charge is 0.00494 e. The van der Waals surface area contributed by atoms with E-state index in [9.17, 15) is 0 Å². The number of nitrogens with one attached hydrogen (secondary N) is 1. The predicted octanol–water partition coefficient (Wildman–Crippen LogP) is 3.06. The molecule has 0 bridgehead atoms. The lowest BCUT2D eigenvalue weighted by atomic mass is 9.80. The summed E-state index contributed by atoms with van der Waals surface area (Å²) in [6, 6.07) is 0. The molecule has 1 nitrogen and oxygen atoms in total. The van der Waals surface area contributed by atoms with Crippen LogP contribution >= 0.6 is 0 Å². The molecule has 74 valence electrons. The second-order valence-electron chi connectivity index (χ2n) is 4.72. The van der Waals surface area contributed by atoms with Crippen molar-refractivity contribution in [3.63, 3.8) is 0 Å². The number of hydrogen-bond acceptors (Lipinski definition) is 1. The summed E-state index contributed by atoms with van der Waals surface area (Å²) in [4.78, 5) is 0. The maximum Gasteiger partial charge on any atom is -0.00494 e. The van der Waals surface area contributed by atoms with E-state index in [1.165, 1.54) is 19.3 Å². The van der Waals surface area contributed by atoms with Crippen LogP contribution in [0.2, 0.25) is 0 Å². The molecule has 1 N–H and O–H groups in total. The standard InChI is InChI=1S/C11H25N/c1-6-11(3,4)9-10(2)7-8-12-5/h10,12H,6-9H2,1-5H3. The molecule has 0 heterocycles. The van der Waals surface area contributed by atoms with E-state index in [1.54, 1.807) is 0 Å². The Labute approximate surface area is 77.9 Å². The quantitative estimate of drug-likeness (QED) is 0.647. The van der Waals surface area contributed by atoms with Gasteiger partial charge in [-0.1, -0.05) is 34.1 Å². The van der Waals surface area contributed by atoms with Crippen LogP contribution in [-0.2, 0) is 0 Å². The Balaban J connectivity index is 3.60. The number of rotatable bonds is 6. The average Bonchev–Trinajstić information content (AvgIpc) is 2.00. The van der Waals surface area contributed by atoms with Gasteiger partial charge in [0.2, 0.25) is 0 Å². The van der Waals surface area contributed by atoms with Gasteiger partial charge in [0.1, 0.15) is 0 Å². The first-order valence-electron chi connectivity index (χ1n) is 5.16. The molecule has 0 radical (unpaired) electrons. The van der Waals surface area contributed by atoms with Gasteiger partial charge in [-0.25, -0.2) is 0 Å². The largest absolute Gasteiger partial charge is 0.320 e. The molecule has 1 heteroatoms. The van der Waals surface area contributed by atoms with E-state index in [0.717, 1.165) is 12.5 Å². The van der Waals surface area contributed by atoms with Crippen LogP contribution in [0.1, 0.15) is 47.0 Å². The third-order valence-corrected chi connectivity index (χ3v) is 2.75. The van der Waals surface area contributed by atoms with Crippen LogP contribution in [-0.4, -0.2) is 13.6 Å². The molecule has 1 atom stereocenters. The summed E-state index contributed by atoms with van der Waals surface area (Å²) in [5, 5.41) is 3.20. The van der Waals surface area contributed by atoms with Crippen molar-refractivity contribution in [2.75, 3.05) is 13.6 Å². The second-order valence-corrected chi connectivity index (χ2v) is 4.72. The second kappa shape index (κ2) is 5.58. The summed E-state index contributed by atoms with van der Waals surface area (Å²) >= 11 is 0. The first-order valence-corrected chi connectivity index (χ1v) is 5.16. The van der Waals surface area contributed by atoms with Gasteiger partial charge in [-0.05, 0) is 37.8 Å². The fourth-order valence-electron chi connectivity index (χ4n) is 1.58. The number of hydrogen-bond donors (Lipinski definition) is 1. The highest BCUT2D eigenvalue weighted by atomic mass is 14.8. The zero-order valence-corrected chi connectivity index (χ0v) is 9.41. The van der Waals surface area contributed by atoms with Crippen molar-refractivity contribution in [1.29, 1.82) is 0 Å². The zero-order valence-electron chi connectivity index (χ0n) is 9.41. The lowest BCUT2D eigenvalue weighted by Crippen LogP contribution is -2.18. The Kier molecular flexibility index (Phi) is 5.56. The summed E-state index contributed by atoms with van der Waals surface area (Å²) < 4.78 is 0. The van der Waals surface area contributed by atoms with Crippen LogP contribution in [0.4, 0.5) is 0 Å². The molecule has 0 aromatic carbocycles. The fourth-order valence-corrected chi connectivity index (χ4v) is 1.58.